The van der Waals surface area contributed by atoms with Gasteiger partial charge < -0.3 is 15.4 Å². The SMILES string of the molecule is CCC1OCCC1CNc1cc(NC)ncn1. The fraction of sp³-hybridized carbons (Fsp3) is 0.667. The zero-order chi connectivity index (χ0) is 12.1. The van der Waals surface area contributed by atoms with Crippen molar-refractivity contribution in [1.82, 2.24) is 9.97 Å². The molecule has 0 spiro atoms. The van der Waals surface area contributed by atoms with Gasteiger partial charge in [-0.25, -0.2) is 9.97 Å². The lowest BCUT2D eigenvalue weighted by Crippen LogP contribution is -2.23. The van der Waals surface area contributed by atoms with E-state index in [0.717, 1.165) is 37.6 Å². The first-order valence-electron chi connectivity index (χ1n) is 6.18. The van der Waals surface area contributed by atoms with Gasteiger partial charge in [-0.1, -0.05) is 6.92 Å². The molecule has 1 saturated heterocycles. The topological polar surface area (TPSA) is 59.1 Å². The van der Waals surface area contributed by atoms with E-state index in [1.807, 2.05) is 13.1 Å². The van der Waals surface area contributed by atoms with Gasteiger partial charge in [-0.2, -0.15) is 0 Å². The molecule has 1 aromatic rings. The molecule has 2 N–H and O–H groups in total. The molecule has 2 atom stereocenters. The van der Waals surface area contributed by atoms with Gasteiger partial charge in [-0.3, -0.25) is 0 Å². The van der Waals surface area contributed by atoms with Crippen LogP contribution in [-0.2, 0) is 4.74 Å². The van der Waals surface area contributed by atoms with E-state index < -0.39 is 0 Å². The Morgan fingerprint density at radius 1 is 1.41 bits per heavy atom. The Hall–Kier alpha value is -1.36. The quantitative estimate of drug-likeness (QED) is 0.815. The standard InChI is InChI=1S/C12H20N4O/c1-3-10-9(4-5-17-10)7-14-12-6-11(13-2)15-8-16-12/h6,8-10H,3-5,7H2,1-2H3,(H2,13,14,15,16). The lowest BCUT2D eigenvalue weighted by molar-refractivity contribution is 0.0900. The lowest BCUT2D eigenvalue weighted by Gasteiger charge is -2.17. The maximum atomic E-state index is 5.66. The minimum Gasteiger partial charge on any atom is -0.378 e. The molecule has 2 heterocycles. The van der Waals surface area contributed by atoms with E-state index in [0.29, 0.717) is 12.0 Å². The van der Waals surface area contributed by atoms with Crippen LogP contribution in [0.15, 0.2) is 12.4 Å². The first kappa shape index (κ1) is 12.1. The second-order valence-electron chi connectivity index (χ2n) is 4.29. The van der Waals surface area contributed by atoms with E-state index in [2.05, 4.69) is 27.5 Å². The fourth-order valence-electron chi connectivity index (χ4n) is 2.20. The molecule has 0 saturated carbocycles. The van der Waals surface area contributed by atoms with Crippen LogP contribution in [0, 0.1) is 5.92 Å². The van der Waals surface area contributed by atoms with Gasteiger partial charge >= 0.3 is 0 Å². The van der Waals surface area contributed by atoms with Gasteiger partial charge in [0.25, 0.3) is 0 Å². The Bertz CT molecular complexity index is 358. The average molecular weight is 236 g/mol. The number of nitrogens with one attached hydrogen (secondary N) is 2. The van der Waals surface area contributed by atoms with Crippen LogP contribution in [0.3, 0.4) is 0 Å². The number of nitrogens with zero attached hydrogens (tertiary/aromatic N) is 2. The number of hydrogen-bond acceptors (Lipinski definition) is 5. The Morgan fingerprint density at radius 2 is 2.24 bits per heavy atom. The van der Waals surface area contributed by atoms with Gasteiger partial charge in [-0.05, 0) is 12.8 Å². The molecule has 0 bridgehead atoms. The van der Waals surface area contributed by atoms with Gasteiger partial charge in [0.1, 0.15) is 18.0 Å². The van der Waals surface area contributed by atoms with Crippen LogP contribution in [-0.4, -0.2) is 36.3 Å². The van der Waals surface area contributed by atoms with Crippen molar-refractivity contribution in [3.8, 4) is 0 Å². The molecule has 0 aromatic carbocycles. The molecular weight excluding hydrogens is 216 g/mol. The van der Waals surface area contributed by atoms with E-state index in [-0.39, 0.29) is 0 Å². The van der Waals surface area contributed by atoms with Crippen molar-refractivity contribution in [3.63, 3.8) is 0 Å². The van der Waals surface area contributed by atoms with E-state index in [1.165, 1.54) is 0 Å². The van der Waals surface area contributed by atoms with E-state index in [4.69, 9.17) is 4.74 Å². The summed E-state index contributed by atoms with van der Waals surface area (Å²) in [6.07, 6.45) is 4.18. The molecule has 17 heavy (non-hydrogen) atoms. The normalized spacial score (nSPS) is 23.6. The minimum absolute atomic E-state index is 0.396. The van der Waals surface area contributed by atoms with Crippen LogP contribution >= 0.6 is 0 Å². The van der Waals surface area contributed by atoms with Crippen LogP contribution in [0.25, 0.3) is 0 Å². The van der Waals surface area contributed by atoms with Gasteiger partial charge in [0.15, 0.2) is 0 Å². The van der Waals surface area contributed by atoms with Gasteiger partial charge in [0.2, 0.25) is 0 Å². The minimum atomic E-state index is 0.396. The first-order valence-corrected chi connectivity index (χ1v) is 6.18. The summed E-state index contributed by atoms with van der Waals surface area (Å²) in [6.45, 7) is 3.97. The highest BCUT2D eigenvalue weighted by Gasteiger charge is 2.26. The Morgan fingerprint density at radius 3 is 3.00 bits per heavy atom. The van der Waals surface area contributed by atoms with Gasteiger partial charge in [-0.15, -0.1) is 0 Å². The van der Waals surface area contributed by atoms with Crippen LogP contribution < -0.4 is 10.6 Å². The van der Waals surface area contributed by atoms with Crippen LogP contribution in [0.1, 0.15) is 19.8 Å². The van der Waals surface area contributed by atoms with E-state index >= 15 is 0 Å². The third kappa shape index (κ3) is 3.06. The second-order valence-corrected chi connectivity index (χ2v) is 4.29. The van der Waals surface area contributed by atoms with Crippen molar-refractivity contribution < 1.29 is 4.74 Å². The predicted octanol–water partition coefficient (Wildman–Crippen LogP) is 1.75. The molecule has 1 aromatic heterocycles. The molecule has 1 aliphatic heterocycles. The van der Waals surface area contributed by atoms with Gasteiger partial charge in [0.05, 0.1) is 6.10 Å². The highest BCUT2D eigenvalue weighted by Crippen LogP contribution is 2.23. The van der Waals surface area contributed by atoms with Crippen molar-refractivity contribution in [2.45, 2.75) is 25.9 Å². The van der Waals surface area contributed by atoms with Crippen molar-refractivity contribution >= 4 is 11.6 Å². The second kappa shape index (κ2) is 5.82. The Kier molecular flexibility index (Phi) is 4.14. The monoisotopic (exact) mass is 236 g/mol. The first-order chi connectivity index (χ1) is 8.33. The van der Waals surface area contributed by atoms with Gasteiger partial charge in [0, 0.05) is 32.2 Å². The average Bonchev–Trinajstić information content (AvgIpc) is 2.84. The van der Waals surface area contributed by atoms with Crippen molar-refractivity contribution in [2.75, 3.05) is 30.8 Å². The fourth-order valence-corrected chi connectivity index (χ4v) is 2.20. The Labute approximate surface area is 102 Å². The van der Waals surface area contributed by atoms with Crippen molar-refractivity contribution in [2.24, 2.45) is 5.92 Å². The molecule has 1 aliphatic rings. The molecule has 0 aliphatic carbocycles. The summed E-state index contributed by atoms with van der Waals surface area (Å²) in [7, 11) is 1.85. The van der Waals surface area contributed by atoms with Crippen molar-refractivity contribution in [3.05, 3.63) is 12.4 Å². The smallest absolute Gasteiger partial charge is 0.131 e. The highest BCUT2D eigenvalue weighted by atomic mass is 16.5. The molecular formula is C12H20N4O. The third-order valence-corrected chi connectivity index (χ3v) is 3.22. The maximum Gasteiger partial charge on any atom is 0.131 e. The number of rotatable bonds is 5. The Balaban J connectivity index is 1.88. The molecule has 2 rings (SSSR count). The lowest BCUT2D eigenvalue weighted by atomic mass is 10.00. The summed E-state index contributed by atoms with van der Waals surface area (Å²) < 4.78 is 5.66. The van der Waals surface area contributed by atoms with E-state index in [9.17, 15) is 0 Å². The summed E-state index contributed by atoms with van der Waals surface area (Å²) in [5.41, 5.74) is 0. The molecule has 0 radical (unpaired) electrons. The predicted molar refractivity (Wildman–Crippen MR) is 68.2 cm³/mol. The van der Waals surface area contributed by atoms with Crippen molar-refractivity contribution in [1.29, 1.82) is 0 Å². The summed E-state index contributed by atoms with van der Waals surface area (Å²) >= 11 is 0. The van der Waals surface area contributed by atoms with E-state index in [1.54, 1.807) is 6.33 Å². The third-order valence-electron chi connectivity index (χ3n) is 3.22. The molecule has 2 unspecified atom stereocenters. The molecule has 5 nitrogen and oxygen atoms in total. The molecule has 0 amide bonds. The number of aromatic nitrogens is 2. The summed E-state index contributed by atoms with van der Waals surface area (Å²) in [5.74, 6) is 2.29. The summed E-state index contributed by atoms with van der Waals surface area (Å²) in [4.78, 5) is 8.28. The molecule has 5 heteroatoms. The highest BCUT2D eigenvalue weighted by molar-refractivity contribution is 5.45. The summed E-state index contributed by atoms with van der Waals surface area (Å²) in [5, 5.41) is 6.35. The summed E-state index contributed by atoms with van der Waals surface area (Å²) in [6, 6.07) is 1.91. The zero-order valence-electron chi connectivity index (χ0n) is 10.4. The number of anilines is 2. The largest absolute Gasteiger partial charge is 0.378 e. The molecule has 94 valence electrons. The zero-order valence-corrected chi connectivity index (χ0v) is 10.4. The molecule has 1 fully saturated rings. The van der Waals surface area contributed by atoms with Crippen LogP contribution in [0.4, 0.5) is 11.6 Å². The number of hydrogen-bond donors (Lipinski definition) is 2. The number of ether oxygens (including phenoxy) is 1. The van der Waals surface area contributed by atoms with Crippen LogP contribution in [0.5, 0.6) is 0 Å². The van der Waals surface area contributed by atoms with Crippen LogP contribution in [0.2, 0.25) is 0 Å². The maximum absolute atomic E-state index is 5.66.